The van der Waals surface area contributed by atoms with Crippen molar-refractivity contribution in [2.75, 3.05) is 0 Å². The molecule has 0 atom stereocenters. The van der Waals surface area contributed by atoms with Crippen molar-refractivity contribution in [2.45, 2.75) is 26.4 Å². The van der Waals surface area contributed by atoms with E-state index in [1.165, 1.54) is 22.2 Å². The standard InChI is InChI=1S/C17H16BrN3O2S/c1-10(2)20-15(22)8-21-9-19-13-7-14(24-16(13)17(21)23)11-3-5-12(18)6-4-11/h3-7,9-10H,8H2,1-2H3,(H,20,22). The molecule has 0 saturated carbocycles. The monoisotopic (exact) mass is 405 g/mol. The van der Waals surface area contributed by atoms with Crippen LogP contribution in [-0.2, 0) is 11.3 Å². The molecule has 2 heterocycles. The molecule has 0 spiro atoms. The fraction of sp³-hybridized carbons (Fsp3) is 0.235. The van der Waals surface area contributed by atoms with Crippen LogP contribution in [0, 0.1) is 0 Å². The number of hydrogen-bond acceptors (Lipinski definition) is 4. The number of halogens is 1. The molecule has 0 saturated heterocycles. The number of aromatic nitrogens is 2. The maximum atomic E-state index is 12.6. The van der Waals surface area contributed by atoms with E-state index in [4.69, 9.17) is 0 Å². The third-order valence-electron chi connectivity index (χ3n) is 3.40. The van der Waals surface area contributed by atoms with Crippen LogP contribution in [0.4, 0.5) is 0 Å². The minimum absolute atomic E-state index is 0.0224. The van der Waals surface area contributed by atoms with Crippen LogP contribution in [0.25, 0.3) is 20.7 Å². The summed E-state index contributed by atoms with van der Waals surface area (Å²) in [6, 6.07) is 9.84. The number of carbonyl (C=O) groups excluding carboxylic acids is 1. The Labute approximate surface area is 151 Å². The summed E-state index contributed by atoms with van der Waals surface area (Å²) in [5.74, 6) is -0.196. The van der Waals surface area contributed by atoms with Crippen molar-refractivity contribution in [2.24, 2.45) is 0 Å². The number of nitrogens with one attached hydrogen (secondary N) is 1. The lowest BCUT2D eigenvalue weighted by Crippen LogP contribution is -2.35. The second kappa shape index (κ2) is 6.86. The molecule has 0 aliphatic rings. The Morgan fingerprint density at radius 2 is 2.04 bits per heavy atom. The molecule has 5 nitrogen and oxygen atoms in total. The molecule has 7 heteroatoms. The highest BCUT2D eigenvalue weighted by molar-refractivity contribution is 9.10. The Morgan fingerprint density at radius 1 is 1.33 bits per heavy atom. The van der Waals surface area contributed by atoms with E-state index in [2.05, 4.69) is 26.2 Å². The van der Waals surface area contributed by atoms with Crippen LogP contribution >= 0.6 is 27.3 Å². The Hall–Kier alpha value is -1.99. The molecule has 0 unspecified atom stereocenters. The predicted octanol–water partition coefficient (Wildman–Crippen LogP) is 3.41. The van der Waals surface area contributed by atoms with E-state index in [0.29, 0.717) is 10.2 Å². The van der Waals surface area contributed by atoms with E-state index in [0.717, 1.165) is 14.9 Å². The van der Waals surface area contributed by atoms with Gasteiger partial charge >= 0.3 is 0 Å². The van der Waals surface area contributed by atoms with Gasteiger partial charge in [-0.1, -0.05) is 28.1 Å². The fourth-order valence-corrected chi connectivity index (χ4v) is 3.67. The van der Waals surface area contributed by atoms with Crippen LogP contribution in [0.15, 0.2) is 45.9 Å². The average Bonchev–Trinajstić information content (AvgIpc) is 2.95. The number of nitrogens with zero attached hydrogens (tertiary/aromatic N) is 2. The molecule has 1 amide bonds. The number of amides is 1. The van der Waals surface area contributed by atoms with Gasteiger partial charge in [0.05, 0.1) is 11.8 Å². The molecule has 0 aliphatic heterocycles. The van der Waals surface area contributed by atoms with Crippen molar-refractivity contribution in [3.05, 3.63) is 51.5 Å². The highest BCUT2D eigenvalue weighted by atomic mass is 79.9. The van der Waals surface area contributed by atoms with Gasteiger partial charge in [0.15, 0.2) is 0 Å². The zero-order valence-electron chi connectivity index (χ0n) is 13.2. The van der Waals surface area contributed by atoms with Crippen molar-refractivity contribution < 1.29 is 4.79 Å². The molecule has 1 aromatic carbocycles. The first-order chi connectivity index (χ1) is 11.4. The van der Waals surface area contributed by atoms with Gasteiger partial charge in [0.1, 0.15) is 11.2 Å². The predicted molar refractivity (Wildman–Crippen MR) is 100 cm³/mol. The van der Waals surface area contributed by atoms with Crippen molar-refractivity contribution in [3.8, 4) is 10.4 Å². The van der Waals surface area contributed by atoms with E-state index >= 15 is 0 Å². The number of benzene rings is 1. The van der Waals surface area contributed by atoms with Crippen molar-refractivity contribution in [1.82, 2.24) is 14.9 Å². The van der Waals surface area contributed by atoms with E-state index in [9.17, 15) is 9.59 Å². The van der Waals surface area contributed by atoms with Crippen LogP contribution in [0.2, 0.25) is 0 Å². The highest BCUT2D eigenvalue weighted by Crippen LogP contribution is 2.31. The molecule has 2 aromatic heterocycles. The van der Waals surface area contributed by atoms with Crippen LogP contribution in [-0.4, -0.2) is 21.5 Å². The molecule has 24 heavy (non-hydrogen) atoms. The van der Waals surface area contributed by atoms with Gasteiger partial charge in [-0.2, -0.15) is 0 Å². The first-order valence-corrected chi connectivity index (χ1v) is 9.09. The highest BCUT2D eigenvalue weighted by Gasteiger charge is 2.12. The van der Waals surface area contributed by atoms with E-state index in [-0.39, 0.29) is 24.1 Å². The SMILES string of the molecule is CC(C)NC(=O)Cn1cnc2cc(-c3ccc(Br)cc3)sc2c1=O. The van der Waals surface area contributed by atoms with Crippen LogP contribution in [0.1, 0.15) is 13.8 Å². The van der Waals surface area contributed by atoms with Gasteiger partial charge < -0.3 is 5.32 Å². The molecule has 1 N–H and O–H groups in total. The summed E-state index contributed by atoms with van der Waals surface area (Å²) in [7, 11) is 0. The number of thiophene rings is 1. The maximum absolute atomic E-state index is 12.6. The first kappa shape index (κ1) is 16.9. The lowest BCUT2D eigenvalue weighted by molar-refractivity contribution is -0.122. The fourth-order valence-electron chi connectivity index (χ4n) is 2.34. The second-order valence-corrected chi connectivity index (χ2v) is 7.70. The quantitative estimate of drug-likeness (QED) is 0.722. The van der Waals surface area contributed by atoms with Crippen molar-refractivity contribution in [3.63, 3.8) is 0 Å². The molecule has 3 aromatic rings. The summed E-state index contributed by atoms with van der Waals surface area (Å²) in [5, 5.41) is 2.78. The molecule has 3 rings (SSSR count). The van der Waals surface area contributed by atoms with Crippen molar-refractivity contribution >= 4 is 43.4 Å². The maximum Gasteiger partial charge on any atom is 0.271 e. The summed E-state index contributed by atoms with van der Waals surface area (Å²) in [6.45, 7) is 3.74. The van der Waals surface area contributed by atoms with Gasteiger partial charge in [0, 0.05) is 15.4 Å². The third kappa shape index (κ3) is 3.57. The average molecular weight is 406 g/mol. The van der Waals surface area contributed by atoms with Crippen molar-refractivity contribution in [1.29, 1.82) is 0 Å². The molecule has 0 radical (unpaired) electrons. The molecule has 0 aliphatic carbocycles. The van der Waals surface area contributed by atoms with Gasteiger partial charge in [-0.3, -0.25) is 14.2 Å². The second-order valence-electron chi connectivity index (χ2n) is 5.73. The van der Waals surface area contributed by atoms with Gasteiger partial charge in [-0.15, -0.1) is 11.3 Å². The van der Waals surface area contributed by atoms with Crippen LogP contribution < -0.4 is 10.9 Å². The summed E-state index contributed by atoms with van der Waals surface area (Å²) in [5.41, 5.74) is 1.50. The van der Waals surface area contributed by atoms with Gasteiger partial charge in [-0.05, 0) is 37.6 Å². The molecule has 0 fully saturated rings. The minimum atomic E-state index is -0.196. The Morgan fingerprint density at radius 3 is 2.71 bits per heavy atom. The number of hydrogen-bond donors (Lipinski definition) is 1. The smallest absolute Gasteiger partial charge is 0.271 e. The first-order valence-electron chi connectivity index (χ1n) is 7.48. The lowest BCUT2D eigenvalue weighted by atomic mass is 10.2. The minimum Gasteiger partial charge on any atom is -0.352 e. The van der Waals surface area contributed by atoms with E-state index in [1.807, 2.05) is 44.2 Å². The largest absolute Gasteiger partial charge is 0.352 e. The van der Waals surface area contributed by atoms with Gasteiger partial charge in [0.25, 0.3) is 5.56 Å². The molecule has 124 valence electrons. The summed E-state index contributed by atoms with van der Waals surface area (Å²) in [4.78, 5) is 29.8. The van der Waals surface area contributed by atoms with Crippen LogP contribution in [0.3, 0.4) is 0 Å². The van der Waals surface area contributed by atoms with E-state index in [1.54, 1.807) is 0 Å². The van der Waals surface area contributed by atoms with Gasteiger partial charge in [-0.25, -0.2) is 4.98 Å². The Balaban J connectivity index is 1.96. The molecule has 0 bridgehead atoms. The Bertz CT molecular complexity index is 945. The number of carbonyl (C=O) groups is 1. The molecular weight excluding hydrogens is 390 g/mol. The normalized spacial score (nSPS) is 11.2. The zero-order chi connectivity index (χ0) is 17.3. The number of fused-ring (bicyclic) bond motifs is 1. The number of rotatable bonds is 4. The summed E-state index contributed by atoms with van der Waals surface area (Å²) >= 11 is 4.81. The topological polar surface area (TPSA) is 64.0 Å². The third-order valence-corrected chi connectivity index (χ3v) is 5.09. The van der Waals surface area contributed by atoms with E-state index < -0.39 is 0 Å². The summed E-state index contributed by atoms with van der Waals surface area (Å²) in [6.07, 6.45) is 1.43. The summed E-state index contributed by atoms with van der Waals surface area (Å²) < 4.78 is 2.92. The van der Waals surface area contributed by atoms with Crippen LogP contribution in [0.5, 0.6) is 0 Å². The Kier molecular flexibility index (Phi) is 4.82. The zero-order valence-corrected chi connectivity index (χ0v) is 15.6. The van der Waals surface area contributed by atoms with Gasteiger partial charge in [0.2, 0.25) is 5.91 Å². The lowest BCUT2D eigenvalue weighted by Gasteiger charge is -2.09. The molecular formula is C17H16BrN3O2S.